The van der Waals surface area contributed by atoms with Crippen molar-refractivity contribution in [3.8, 4) is 0 Å². The van der Waals surface area contributed by atoms with Crippen molar-refractivity contribution in [3.63, 3.8) is 0 Å². The summed E-state index contributed by atoms with van der Waals surface area (Å²) in [6, 6.07) is 0. The monoisotopic (exact) mass is 271 g/mol. The lowest BCUT2D eigenvalue weighted by Gasteiger charge is -2.09. The summed E-state index contributed by atoms with van der Waals surface area (Å²) in [6.07, 6.45) is -1.70. The minimum absolute atomic E-state index is 0.284. The summed E-state index contributed by atoms with van der Waals surface area (Å²) < 4.78 is 10.2. The summed E-state index contributed by atoms with van der Waals surface area (Å²) in [5.41, 5.74) is 2.33. The number of aliphatic hydroxyl groups excluding tert-OH is 2. The Morgan fingerprint density at radius 2 is 1.37 bits per heavy atom. The van der Waals surface area contributed by atoms with Crippen molar-refractivity contribution in [2.24, 2.45) is 0 Å². The maximum absolute atomic E-state index is 9.16. The molecule has 0 saturated carbocycles. The molecular weight excluding hydrogens is 246 g/mol. The van der Waals surface area contributed by atoms with Crippen LogP contribution in [0.15, 0.2) is 24.3 Å². The van der Waals surface area contributed by atoms with Crippen LogP contribution in [-0.4, -0.2) is 60.9 Å². The van der Waals surface area contributed by atoms with Gasteiger partial charge in [-0.05, 0) is 13.8 Å². The van der Waals surface area contributed by atoms with Gasteiger partial charge in [-0.25, -0.2) is 0 Å². The highest BCUT2D eigenvalue weighted by atomic mass is 16.6. The van der Waals surface area contributed by atoms with E-state index in [-0.39, 0.29) is 25.4 Å². The molecule has 0 bridgehead atoms. The molecule has 2 aliphatic rings. The molecule has 0 aromatic rings. The van der Waals surface area contributed by atoms with E-state index in [0.29, 0.717) is 0 Å². The second-order valence-electron chi connectivity index (χ2n) is 5.25. The molecule has 2 rings (SSSR count). The summed E-state index contributed by atoms with van der Waals surface area (Å²) in [7, 11) is 0. The number of rotatable bonds is 4. The lowest BCUT2D eigenvalue weighted by molar-refractivity contribution is 0.00205. The first kappa shape index (κ1) is 16.3. The van der Waals surface area contributed by atoms with E-state index >= 15 is 0 Å². The van der Waals surface area contributed by atoms with Gasteiger partial charge < -0.3 is 25.0 Å². The quantitative estimate of drug-likeness (QED) is 0.639. The highest BCUT2D eigenvalue weighted by Crippen LogP contribution is 2.26. The number of aliphatic hydroxyl groups is 2. The van der Waals surface area contributed by atoms with Gasteiger partial charge in [-0.2, -0.15) is 0 Å². The molecule has 0 unspecified atom stereocenters. The Kier molecular flexibility index (Phi) is 6.68. The average Bonchev–Trinajstić information content (AvgIpc) is 2.84. The Morgan fingerprint density at radius 1 is 1.00 bits per heavy atom. The molecule has 0 aromatic carbocycles. The largest absolute Gasteiger partial charge is 0.388 e. The zero-order valence-electron chi connectivity index (χ0n) is 11.8. The average molecular weight is 271 g/mol. The van der Waals surface area contributed by atoms with Crippen molar-refractivity contribution >= 4 is 0 Å². The highest BCUT2D eigenvalue weighted by Gasteiger charge is 2.46. The van der Waals surface area contributed by atoms with Crippen molar-refractivity contribution in [1.29, 1.82) is 0 Å². The van der Waals surface area contributed by atoms with Crippen LogP contribution < -0.4 is 5.32 Å². The minimum Gasteiger partial charge on any atom is -0.388 e. The SMILES string of the molecule is C=C(C)CNCC(=C)C.O[C@@H]1CO[C@H]2[C@@H]1OC[C@H]2O. The van der Waals surface area contributed by atoms with Crippen LogP contribution in [0.2, 0.25) is 0 Å². The van der Waals surface area contributed by atoms with Gasteiger partial charge in [-0.15, -0.1) is 0 Å². The highest BCUT2D eigenvalue weighted by molar-refractivity contribution is 4.96. The standard InChI is InChI=1S/C8H15N.C6H10O4/c1-7(2)5-9-6-8(3)4;7-3-1-9-6-4(8)2-10-5(3)6/h9H,1,3,5-6H2,2,4H3;3-8H,1-2H2/t;3-,4-,5-,6-/m.1/s1. The van der Waals surface area contributed by atoms with Gasteiger partial charge in [0, 0.05) is 13.1 Å². The summed E-state index contributed by atoms with van der Waals surface area (Å²) in [6.45, 7) is 13.9. The molecule has 0 aromatic heterocycles. The van der Waals surface area contributed by atoms with E-state index in [1.165, 1.54) is 0 Å². The van der Waals surface area contributed by atoms with Crippen molar-refractivity contribution < 1.29 is 19.7 Å². The molecule has 5 heteroatoms. The third-order valence-electron chi connectivity index (χ3n) is 2.85. The molecule has 2 aliphatic heterocycles. The van der Waals surface area contributed by atoms with E-state index in [0.717, 1.165) is 24.2 Å². The molecule has 0 spiro atoms. The summed E-state index contributed by atoms with van der Waals surface area (Å²) in [4.78, 5) is 0. The van der Waals surface area contributed by atoms with Crippen LogP contribution in [0, 0.1) is 0 Å². The number of ether oxygens (including phenoxy) is 2. The molecule has 0 aliphatic carbocycles. The topological polar surface area (TPSA) is 71.0 Å². The fraction of sp³-hybridized carbons (Fsp3) is 0.714. The van der Waals surface area contributed by atoms with E-state index in [1.54, 1.807) is 0 Å². The third-order valence-corrected chi connectivity index (χ3v) is 2.85. The molecule has 0 radical (unpaired) electrons. The van der Waals surface area contributed by atoms with Crippen LogP contribution >= 0.6 is 0 Å². The Morgan fingerprint density at radius 3 is 1.68 bits per heavy atom. The summed E-state index contributed by atoms with van der Waals surface area (Å²) >= 11 is 0. The number of nitrogens with one attached hydrogen (secondary N) is 1. The molecule has 2 saturated heterocycles. The van der Waals surface area contributed by atoms with Gasteiger partial charge in [0.15, 0.2) is 0 Å². The minimum atomic E-state index is -0.554. The fourth-order valence-electron chi connectivity index (χ4n) is 1.95. The van der Waals surface area contributed by atoms with Gasteiger partial charge in [-0.1, -0.05) is 24.3 Å². The van der Waals surface area contributed by atoms with Crippen LogP contribution in [-0.2, 0) is 9.47 Å². The second kappa shape index (κ2) is 7.77. The van der Waals surface area contributed by atoms with Crippen LogP contribution in [0.4, 0.5) is 0 Å². The van der Waals surface area contributed by atoms with Gasteiger partial charge in [0.2, 0.25) is 0 Å². The molecule has 2 fully saturated rings. The third kappa shape index (κ3) is 5.42. The normalized spacial score (nSPS) is 32.4. The lowest BCUT2D eigenvalue weighted by atomic mass is 10.1. The van der Waals surface area contributed by atoms with E-state index < -0.39 is 12.2 Å². The van der Waals surface area contributed by atoms with Crippen LogP contribution in [0.1, 0.15) is 13.8 Å². The lowest BCUT2D eigenvalue weighted by Crippen LogP contribution is -2.30. The fourth-order valence-corrected chi connectivity index (χ4v) is 1.95. The predicted octanol–water partition coefficient (Wildman–Crippen LogP) is 0.234. The van der Waals surface area contributed by atoms with Gasteiger partial charge >= 0.3 is 0 Å². The first-order valence-electron chi connectivity index (χ1n) is 6.50. The Labute approximate surface area is 114 Å². The van der Waals surface area contributed by atoms with Gasteiger partial charge in [0.1, 0.15) is 24.4 Å². The van der Waals surface area contributed by atoms with Gasteiger partial charge in [-0.3, -0.25) is 0 Å². The van der Waals surface area contributed by atoms with Gasteiger partial charge in [0.05, 0.1) is 13.2 Å². The molecule has 110 valence electrons. The zero-order valence-corrected chi connectivity index (χ0v) is 11.8. The zero-order chi connectivity index (χ0) is 14.4. The van der Waals surface area contributed by atoms with Crippen LogP contribution in [0.25, 0.3) is 0 Å². The molecule has 2 heterocycles. The van der Waals surface area contributed by atoms with E-state index in [1.807, 2.05) is 13.8 Å². The van der Waals surface area contributed by atoms with Crippen molar-refractivity contribution in [2.75, 3.05) is 26.3 Å². The molecule has 4 atom stereocenters. The smallest absolute Gasteiger partial charge is 0.114 e. The summed E-state index contributed by atoms with van der Waals surface area (Å²) in [5.74, 6) is 0. The van der Waals surface area contributed by atoms with Crippen molar-refractivity contribution in [1.82, 2.24) is 5.32 Å². The number of hydrogen-bond acceptors (Lipinski definition) is 5. The Hall–Kier alpha value is -0.720. The summed E-state index contributed by atoms with van der Waals surface area (Å²) in [5, 5.41) is 21.5. The maximum Gasteiger partial charge on any atom is 0.114 e. The van der Waals surface area contributed by atoms with E-state index in [2.05, 4.69) is 18.5 Å². The maximum atomic E-state index is 9.16. The predicted molar refractivity (Wildman–Crippen MR) is 74.0 cm³/mol. The Balaban J connectivity index is 0.000000192. The number of hydrogen-bond donors (Lipinski definition) is 3. The van der Waals surface area contributed by atoms with Crippen molar-refractivity contribution in [2.45, 2.75) is 38.3 Å². The van der Waals surface area contributed by atoms with E-state index in [9.17, 15) is 0 Å². The van der Waals surface area contributed by atoms with Crippen LogP contribution in [0.3, 0.4) is 0 Å². The molecule has 5 nitrogen and oxygen atoms in total. The van der Waals surface area contributed by atoms with Crippen LogP contribution in [0.5, 0.6) is 0 Å². The molecular formula is C14H25NO4. The first-order valence-corrected chi connectivity index (χ1v) is 6.50. The molecule has 3 N–H and O–H groups in total. The Bertz CT molecular complexity index is 289. The molecule has 19 heavy (non-hydrogen) atoms. The second-order valence-corrected chi connectivity index (χ2v) is 5.25. The van der Waals surface area contributed by atoms with E-state index in [4.69, 9.17) is 19.7 Å². The first-order chi connectivity index (χ1) is 8.91. The molecule has 0 amide bonds. The van der Waals surface area contributed by atoms with Crippen molar-refractivity contribution in [3.05, 3.63) is 24.3 Å². The van der Waals surface area contributed by atoms with Gasteiger partial charge in [0.25, 0.3) is 0 Å². The number of fused-ring (bicyclic) bond motifs is 1.